The Hall–Kier alpha value is -2.22. The van der Waals surface area contributed by atoms with Crippen LogP contribution in [0.3, 0.4) is 0 Å². The fourth-order valence-corrected chi connectivity index (χ4v) is 2.08. The van der Waals surface area contributed by atoms with Gasteiger partial charge in [-0.25, -0.2) is 13.1 Å². The molecule has 2 aromatic rings. The van der Waals surface area contributed by atoms with Gasteiger partial charge >= 0.3 is 0 Å². The maximum Gasteiger partial charge on any atom is 0.277 e. The van der Waals surface area contributed by atoms with E-state index in [9.17, 15) is 8.42 Å². The summed E-state index contributed by atoms with van der Waals surface area (Å²) in [5, 5.41) is 10.8. The summed E-state index contributed by atoms with van der Waals surface area (Å²) in [4.78, 5) is 1.19. The van der Waals surface area contributed by atoms with Crippen LogP contribution in [0.5, 0.6) is 0 Å². The summed E-state index contributed by atoms with van der Waals surface area (Å²) < 4.78 is 25.9. The molecule has 0 fully saturated rings. The molecule has 0 radical (unpaired) electrons. The Morgan fingerprint density at radius 1 is 1.29 bits per heavy atom. The van der Waals surface area contributed by atoms with Crippen molar-refractivity contribution in [3.8, 4) is 0 Å². The van der Waals surface area contributed by atoms with Gasteiger partial charge in [-0.1, -0.05) is 29.9 Å². The summed E-state index contributed by atoms with van der Waals surface area (Å²) in [6, 6.07) is 7.93. The molecule has 0 aliphatic heterocycles. The summed E-state index contributed by atoms with van der Waals surface area (Å²) in [6.07, 6.45) is 1.30. The van der Waals surface area contributed by atoms with Gasteiger partial charge < -0.3 is 0 Å². The first kappa shape index (κ1) is 11.3. The number of nitrogens with zero attached hydrogens (tertiary/aromatic N) is 4. The topological polar surface area (TPSA) is 89.8 Å². The van der Waals surface area contributed by atoms with E-state index >= 15 is 0 Å². The fraction of sp³-hybridized carbons (Fsp3) is 0. The van der Waals surface area contributed by atoms with Crippen molar-refractivity contribution >= 4 is 22.2 Å². The molecule has 2 rings (SSSR count). The lowest BCUT2D eigenvalue weighted by molar-refractivity contribution is 0.601. The van der Waals surface area contributed by atoms with Gasteiger partial charge in [0, 0.05) is 6.20 Å². The van der Waals surface area contributed by atoms with E-state index < -0.39 is 10.0 Å². The molecule has 0 atom stereocenters. The number of benzene rings is 1. The van der Waals surface area contributed by atoms with Gasteiger partial charge in [0.05, 0.1) is 4.90 Å². The number of sulfonamides is 1. The molecule has 1 aromatic carbocycles. The van der Waals surface area contributed by atoms with E-state index in [4.69, 9.17) is 0 Å². The van der Waals surface area contributed by atoms with Crippen LogP contribution in [0.15, 0.2) is 41.8 Å². The highest BCUT2D eigenvalue weighted by molar-refractivity contribution is 7.92. The van der Waals surface area contributed by atoms with Crippen molar-refractivity contribution in [3.63, 3.8) is 0 Å². The van der Waals surface area contributed by atoms with Crippen LogP contribution in [0.25, 0.3) is 6.20 Å². The second kappa shape index (κ2) is 4.34. The van der Waals surface area contributed by atoms with Gasteiger partial charge in [-0.3, -0.25) is 0 Å². The summed E-state index contributed by atoms with van der Waals surface area (Å²) in [6.45, 7) is 3.42. The highest BCUT2D eigenvalue weighted by atomic mass is 32.2. The molecular formula is C9H9N5O2S. The zero-order chi connectivity index (χ0) is 12.3. The van der Waals surface area contributed by atoms with Crippen molar-refractivity contribution in [2.45, 2.75) is 4.90 Å². The van der Waals surface area contributed by atoms with Crippen LogP contribution >= 0.6 is 0 Å². The standard InChI is InChI=1S/C9H9N5O2S/c1-2-14-11-9(10-13-14)12-17(15,16)8-6-4-3-5-7-8/h2-7H,1H2,(H,11,12). The summed E-state index contributed by atoms with van der Waals surface area (Å²) >= 11 is 0. The van der Waals surface area contributed by atoms with Crippen LogP contribution in [0.4, 0.5) is 5.95 Å². The second-order valence-corrected chi connectivity index (χ2v) is 4.72. The van der Waals surface area contributed by atoms with Crippen molar-refractivity contribution in [2.75, 3.05) is 4.72 Å². The molecule has 0 aliphatic rings. The van der Waals surface area contributed by atoms with E-state index in [0.717, 1.165) is 4.80 Å². The quantitative estimate of drug-likeness (QED) is 0.858. The number of tetrazole rings is 1. The predicted molar refractivity (Wildman–Crippen MR) is 61.5 cm³/mol. The van der Waals surface area contributed by atoms with Crippen LogP contribution in [0.2, 0.25) is 0 Å². The third-order valence-electron chi connectivity index (χ3n) is 1.87. The molecule has 1 heterocycles. The highest BCUT2D eigenvalue weighted by Gasteiger charge is 2.15. The molecule has 0 spiro atoms. The first-order chi connectivity index (χ1) is 8.12. The Kier molecular flexibility index (Phi) is 2.88. The second-order valence-electron chi connectivity index (χ2n) is 3.03. The lowest BCUT2D eigenvalue weighted by Crippen LogP contribution is -2.14. The Labute approximate surface area is 97.8 Å². The maximum absolute atomic E-state index is 11.8. The molecule has 1 N–H and O–H groups in total. The van der Waals surface area contributed by atoms with Crippen molar-refractivity contribution < 1.29 is 8.42 Å². The molecule has 17 heavy (non-hydrogen) atoms. The minimum atomic E-state index is -3.67. The monoisotopic (exact) mass is 251 g/mol. The summed E-state index contributed by atoms with van der Waals surface area (Å²) in [5.41, 5.74) is 0. The highest BCUT2D eigenvalue weighted by Crippen LogP contribution is 2.11. The van der Waals surface area contributed by atoms with Gasteiger partial charge in [-0.2, -0.15) is 0 Å². The predicted octanol–water partition coefficient (Wildman–Crippen LogP) is 0.574. The van der Waals surface area contributed by atoms with Gasteiger partial charge in [0.25, 0.3) is 16.0 Å². The van der Waals surface area contributed by atoms with Gasteiger partial charge in [0.15, 0.2) is 0 Å². The normalized spacial score (nSPS) is 11.1. The van der Waals surface area contributed by atoms with Crippen LogP contribution < -0.4 is 4.72 Å². The molecule has 0 unspecified atom stereocenters. The Bertz CT molecular complexity index is 620. The number of aromatic nitrogens is 4. The van der Waals surface area contributed by atoms with Crippen molar-refractivity contribution in [2.24, 2.45) is 0 Å². The fourth-order valence-electron chi connectivity index (χ4n) is 1.12. The van der Waals surface area contributed by atoms with Gasteiger partial charge in [-0.15, -0.1) is 9.90 Å². The molecule has 8 heteroatoms. The minimum Gasteiger partial charge on any atom is -0.245 e. The molecule has 0 saturated carbocycles. The van der Waals surface area contributed by atoms with Crippen LogP contribution in [-0.2, 0) is 10.0 Å². The van der Waals surface area contributed by atoms with E-state index in [2.05, 4.69) is 26.7 Å². The van der Waals surface area contributed by atoms with Crippen molar-refractivity contribution in [3.05, 3.63) is 36.9 Å². The summed E-state index contributed by atoms with van der Waals surface area (Å²) in [7, 11) is -3.67. The third-order valence-corrected chi connectivity index (χ3v) is 3.21. The largest absolute Gasteiger partial charge is 0.277 e. The first-order valence-electron chi connectivity index (χ1n) is 4.62. The molecule has 1 aromatic heterocycles. The number of hydrogen-bond acceptors (Lipinski definition) is 5. The Morgan fingerprint density at radius 2 is 2.00 bits per heavy atom. The Morgan fingerprint density at radius 3 is 2.59 bits per heavy atom. The van der Waals surface area contributed by atoms with Crippen LogP contribution in [0.1, 0.15) is 0 Å². The van der Waals surface area contributed by atoms with E-state index in [1.807, 2.05) is 0 Å². The minimum absolute atomic E-state index is 0.103. The van der Waals surface area contributed by atoms with E-state index in [1.54, 1.807) is 18.2 Å². The molecule has 0 bridgehead atoms. The van der Waals surface area contributed by atoms with E-state index in [0.29, 0.717) is 0 Å². The van der Waals surface area contributed by atoms with Crippen LogP contribution in [0, 0.1) is 0 Å². The summed E-state index contributed by atoms with van der Waals surface area (Å²) in [5.74, 6) is -0.103. The zero-order valence-corrected chi connectivity index (χ0v) is 9.50. The molecular weight excluding hydrogens is 242 g/mol. The lowest BCUT2D eigenvalue weighted by Gasteiger charge is -2.02. The zero-order valence-electron chi connectivity index (χ0n) is 8.68. The van der Waals surface area contributed by atoms with E-state index in [-0.39, 0.29) is 10.8 Å². The van der Waals surface area contributed by atoms with Crippen LogP contribution in [-0.4, -0.2) is 28.6 Å². The number of anilines is 1. The molecule has 0 saturated heterocycles. The average Bonchev–Trinajstić information content (AvgIpc) is 2.77. The SMILES string of the molecule is C=Cn1nnc(NS(=O)(=O)c2ccccc2)n1. The van der Waals surface area contributed by atoms with Gasteiger partial charge in [0.2, 0.25) is 0 Å². The average molecular weight is 251 g/mol. The Balaban J connectivity index is 2.26. The molecule has 88 valence electrons. The lowest BCUT2D eigenvalue weighted by atomic mass is 10.4. The number of rotatable bonds is 4. The van der Waals surface area contributed by atoms with Crippen molar-refractivity contribution in [1.82, 2.24) is 20.2 Å². The van der Waals surface area contributed by atoms with Gasteiger partial charge in [0.1, 0.15) is 0 Å². The molecule has 0 aliphatic carbocycles. The number of nitrogens with one attached hydrogen (secondary N) is 1. The molecule has 0 amide bonds. The van der Waals surface area contributed by atoms with Crippen molar-refractivity contribution in [1.29, 1.82) is 0 Å². The maximum atomic E-state index is 11.8. The van der Waals surface area contributed by atoms with Gasteiger partial charge in [-0.05, 0) is 17.3 Å². The first-order valence-corrected chi connectivity index (χ1v) is 6.10. The third kappa shape index (κ3) is 2.48. The molecule has 7 nitrogen and oxygen atoms in total. The smallest absolute Gasteiger partial charge is 0.245 e. The van der Waals surface area contributed by atoms with E-state index in [1.165, 1.54) is 18.3 Å². The number of hydrogen-bond donors (Lipinski definition) is 1.